The highest BCUT2D eigenvalue weighted by Crippen LogP contribution is 2.11. The van der Waals surface area contributed by atoms with Crippen molar-refractivity contribution in [3.05, 3.63) is 53.9 Å². The molecule has 0 saturated heterocycles. The Balaban J connectivity index is 1.96. The molecule has 3 rings (SSSR count). The van der Waals surface area contributed by atoms with Gasteiger partial charge in [-0.3, -0.25) is 4.98 Å². The topological polar surface area (TPSA) is 69.6 Å². The molecule has 0 atom stereocenters. The third kappa shape index (κ3) is 1.96. The number of nitrogens with two attached hydrogens (primary N) is 1. The van der Waals surface area contributed by atoms with Gasteiger partial charge in [0.2, 0.25) is 0 Å². The zero-order chi connectivity index (χ0) is 12.4. The summed E-state index contributed by atoms with van der Waals surface area (Å²) in [5.41, 5.74) is 9.32. The zero-order valence-electron chi connectivity index (χ0n) is 9.82. The van der Waals surface area contributed by atoms with Crippen LogP contribution in [0.2, 0.25) is 0 Å². The molecule has 2 N–H and O–H groups in total. The lowest BCUT2D eigenvalue weighted by atomic mass is 10.3. The smallest absolute Gasteiger partial charge is 0.113 e. The number of pyridine rings is 1. The van der Waals surface area contributed by atoms with Crippen molar-refractivity contribution in [1.29, 1.82) is 0 Å². The summed E-state index contributed by atoms with van der Waals surface area (Å²) in [6.07, 6.45) is 0. The number of para-hydroxylation sites is 1. The number of hydrogen-bond donors (Lipinski definition) is 1. The molecule has 0 bridgehead atoms. The second kappa shape index (κ2) is 4.54. The lowest BCUT2D eigenvalue weighted by Crippen LogP contribution is -2.06. The van der Waals surface area contributed by atoms with Crippen molar-refractivity contribution in [1.82, 2.24) is 20.0 Å². The average Bonchev–Trinajstić information content (AvgIpc) is 2.83. The van der Waals surface area contributed by atoms with Gasteiger partial charge in [0, 0.05) is 6.54 Å². The number of hydrogen-bond acceptors (Lipinski definition) is 4. The van der Waals surface area contributed by atoms with E-state index < -0.39 is 0 Å². The Labute approximate surface area is 104 Å². The maximum absolute atomic E-state index is 5.59. The molecular weight excluding hydrogens is 226 g/mol. The van der Waals surface area contributed by atoms with Gasteiger partial charge in [0.05, 0.1) is 23.4 Å². The van der Waals surface area contributed by atoms with Crippen LogP contribution in [0.5, 0.6) is 0 Å². The van der Waals surface area contributed by atoms with Crippen molar-refractivity contribution in [2.24, 2.45) is 5.73 Å². The quantitative estimate of drug-likeness (QED) is 0.748. The van der Waals surface area contributed by atoms with Crippen LogP contribution < -0.4 is 5.73 Å². The van der Waals surface area contributed by atoms with Crippen molar-refractivity contribution in [2.75, 3.05) is 0 Å². The fourth-order valence-electron chi connectivity index (χ4n) is 1.92. The zero-order valence-corrected chi connectivity index (χ0v) is 9.82. The van der Waals surface area contributed by atoms with Gasteiger partial charge in [-0.15, -0.1) is 5.10 Å². The SMILES string of the molecule is NCc1cccc(Cn2nnc3ccccc32)n1. The highest BCUT2D eigenvalue weighted by Gasteiger charge is 2.05. The van der Waals surface area contributed by atoms with Gasteiger partial charge in [-0.1, -0.05) is 23.4 Å². The molecular formula is C13H13N5. The van der Waals surface area contributed by atoms with E-state index in [2.05, 4.69) is 15.3 Å². The second-order valence-corrected chi connectivity index (χ2v) is 4.06. The first-order valence-corrected chi connectivity index (χ1v) is 5.80. The highest BCUT2D eigenvalue weighted by molar-refractivity contribution is 5.73. The molecule has 0 radical (unpaired) electrons. The van der Waals surface area contributed by atoms with E-state index >= 15 is 0 Å². The molecule has 0 spiro atoms. The Morgan fingerprint density at radius 2 is 1.83 bits per heavy atom. The Morgan fingerprint density at radius 1 is 1.00 bits per heavy atom. The lowest BCUT2D eigenvalue weighted by molar-refractivity contribution is 0.655. The minimum absolute atomic E-state index is 0.450. The molecule has 0 aliphatic carbocycles. The van der Waals surface area contributed by atoms with Crippen LogP contribution >= 0.6 is 0 Å². The second-order valence-electron chi connectivity index (χ2n) is 4.06. The van der Waals surface area contributed by atoms with Crippen LogP contribution in [-0.4, -0.2) is 20.0 Å². The summed E-state index contributed by atoms with van der Waals surface area (Å²) < 4.78 is 1.85. The van der Waals surface area contributed by atoms with Crippen molar-refractivity contribution in [2.45, 2.75) is 13.1 Å². The molecule has 2 heterocycles. The largest absolute Gasteiger partial charge is 0.325 e. The lowest BCUT2D eigenvalue weighted by Gasteiger charge is -2.03. The Kier molecular flexibility index (Phi) is 2.74. The molecule has 0 fully saturated rings. The standard InChI is InChI=1S/C13H13N5/c14-8-10-4-3-5-11(15-10)9-18-13-7-2-1-6-12(13)16-17-18/h1-7H,8-9,14H2. The molecule has 1 aromatic carbocycles. The van der Waals surface area contributed by atoms with Gasteiger partial charge in [0.15, 0.2) is 0 Å². The van der Waals surface area contributed by atoms with Crippen molar-refractivity contribution in [3.8, 4) is 0 Å². The van der Waals surface area contributed by atoms with Crippen LogP contribution in [-0.2, 0) is 13.1 Å². The first-order valence-electron chi connectivity index (χ1n) is 5.80. The summed E-state index contributed by atoms with van der Waals surface area (Å²) >= 11 is 0. The Morgan fingerprint density at radius 3 is 2.72 bits per heavy atom. The van der Waals surface area contributed by atoms with Crippen molar-refractivity contribution in [3.63, 3.8) is 0 Å². The first-order chi connectivity index (χ1) is 8.86. The van der Waals surface area contributed by atoms with E-state index in [4.69, 9.17) is 5.73 Å². The molecule has 2 aromatic heterocycles. The molecule has 0 aliphatic heterocycles. The van der Waals surface area contributed by atoms with E-state index in [1.54, 1.807) is 0 Å². The molecule has 0 saturated carbocycles. The Hall–Kier alpha value is -2.27. The van der Waals surface area contributed by atoms with Crippen molar-refractivity contribution < 1.29 is 0 Å². The maximum atomic E-state index is 5.59. The fourth-order valence-corrected chi connectivity index (χ4v) is 1.92. The van der Waals surface area contributed by atoms with Crippen LogP contribution in [0.15, 0.2) is 42.5 Å². The third-order valence-electron chi connectivity index (χ3n) is 2.81. The van der Waals surface area contributed by atoms with Gasteiger partial charge in [-0.2, -0.15) is 0 Å². The average molecular weight is 239 g/mol. The molecule has 3 aromatic rings. The van der Waals surface area contributed by atoms with E-state index in [-0.39, 0.29) is 0 Å². The minimum Gasteiger partial charge on any atom is -0.325 e. The summed E-state index contributed by atoms with van der Waals surface area (Å²) in [6.45, 7) is 1.06. The van der Waals surface area contributed by atoms with Crippen LogP contribution in [0.3, 0.4) is 0 Å². The fraction of sp³-hybridized carbons (Fsp3) is 0.154. The van der Waals surface area contributed by atoms with Crippen LogP contribution in [0.1, 0.15) is 11.4 Å². The van der Waals surface area contributed by atoms with Gasteiger partial charge >= 0.3 is 0 Å². The van der Waals surface area contributed by atoms with Crippen LogP contribution in [0, 0.1) is 0 Å². The monoisotopic (exact) mass is 239 g/mol. The summed E-state index contributed by atoms with van der Waals surface area (Å²) in [6, 6.07) is 13.7. The predicted octanol–water partition coefficient (Wildman–Crippen LogP) is 1.33. The predicted molar refractivity (Wildman–Crippen MR) is 68.8 cm³/mol. The van der Waals surface area contributed by atoms with Gasteiger partial charge in [0.25, 0.3) is 0 Å². The van der Waals surface area contributed by atoms with Crippen LogP contribution in [0.25, 0.3) is 11.0 Å². The highest BCUT2D eigenvalue weighted by atomic mass is 15.4. The van der Waals surface area contributed by atoms with Gasteiger partial charge < -0.3 is 5.73 Å². The normalized spacial score (nSPS) is 10.9. The van der Waals surface area contributed by atoms with E-state index in [0.29, 0.717) is 13.1 Å². The molecule has 0 unspecified atom stereocenters. The summed E-state index contributed by atoms with van der Waals surface area (Å²) in [5, 5.41) is 8.26. The van der Waals surface area contributed by atoms with Gasteiger partial charge in [-0.25, -0.2) is 4.68 Å². The number of fused-ring (bicyclic) bond motifs is 1. The first kappa shape index (κ1) is 10.9. The molecule has 5 heteroatoms. The molecule has 0 amide bonds. The maximum Gasteiger partial charge on any atom is 0.113 e. The van der Waals surface area contributed by atoms with Gasteiger partial charge in [0.1, 0.15) is 5.52 Å². The third-order valence-corrected chi connectivity index (χ3v) is 2.81. The van der Waals surface area contributed by atoms with Crippen molar-refractivity contribution >= 4 is 11.0 Å². The summed E-state index contributed by atoms with van der Waals surface area (Å²) in [4.78, 5) is 4.46. The number of rotatable bonds is 3. The number of benzene rings is 1. The summed E-state index contributed by atoms with van der Waals surface area (Å²) in [7, 11) is 0. The summed E-state index contributed by atoms with van der Waals surface area (Å²) in [5.74, 6) is 0. The molecule has 90 valence electrons. The van der Waals surface area contributed by atoms with Gasteiger partial charge in [-0.05, 0) is 24.3 Å². The molecule has 0 aliphatic rings. The molecule has 5 nitrogen and oxygen atoms in total. The van der Waals surface area contributed by atoms with E-state index in [1.807, 2.05) is 47.1 Å². The minimum atomic E-state index is 0.450. The number of nitrogens with zero attached hydrogens (tertiary/aromatic N) is 4. The molecule has 18 heavy (non-hydrogen) atoms. The Bertz CT molecular complexity index is 674. The van der Waals surface area contributed by atoms with E-state index in [0.717, 1.165) is 22.4 Å². The number of aromatic nitrogens is 4. The van der Waals surface area contributed by atoms with E-state index in [1.165, 1.54) is 0 Å². The van der Waals surface area contributed by atoms with Crippen LogP contribution in [0.4, 0.5) is 0 Å². The van der Waals surface area contributed by atoms with E-state index in [9.17, 15) is 0 Å².